The Morgan fingerprint density at radius 3 is 1.10 bits per heavy atom. The van der Waals surface area contributed by atoms with Crippen molar-refractivity contribution < 1.29 is 57.2 Å². The average molecular weight is 821 g/mol. The molecule has 0 bridgehead atoms. The van der Waals surface area contributed by atoms with Gasteiger partial charge < -0.3 is 28.4 Å². The van der Waals surface area contributed by atoms with Crippen LogP contribution in [0.2, 0.25) is 0 Å². The van der Waals surface area contributed by atoms with E-state index in [0.29, 0.717) is 13.2 Å². The number of esters is 6. The molecule has 318 valence electrons. The Kier molecular flexibility index (Phi) is 42.7. The predicted molar refractivity (Wildman–Crippen MR) is 211 cm³/mol. The van der Waals surface area contributed by atoms with Gasteiger partial charge in [0, 0.05) is 0 Å². The molecule has 0 aromatic heterocycles. The molecule has 0 aliphatic rings. The van der Waals surface area contributed by atoms with Crippen molar-refractivity contribution in [3.8, 4) is 36.4 Å². The molecule has 0 N–H and O–H groups in total. The van der Waals surface area contributed by atoms with E-state index in [0.717, 1.165) is 19.3 Å². The maximum absolute atomic E-state index is 10.8. The standard InChI is InChI=1S/2C8H11NO2.2C7H9NO2.C6H7NO2.C5H5NO2/c1-6(5-9)7(10)11-8(2,3)4;1-3-4-5-11-8(10)7(2)6-9;1-5(2)10-7(9)6(3)4-8;1-3-4-10-7(9)6(2)5-8;1-3-9-6(8)5(2)4-7;1-4(3-6)5(7)8-2/h1H2,2-4H3;2-5H2,1H3;5H,3H2,1-2H3;2-4H2,1H3;2-3H2,1H3;1H2,2H3. The number of unbranched alkanes of at least 4 members (excludes halogenated alkanes) is 1. The van der Waals surface area contributed by atoms with Gasteiger partial charge in [-0.25, -0.2) is 28.8 Å². The lowest BCUT2D eigenvalue weighted by atomic mass is 10.2. The maximum Gasteiger partial charge on any atom is 0.348 e. The second-order valence-corrected chi connectivity index (χ2v) is 11.3. The third kappa shape index (κ3) is 44.5. The molecule has 0 unspecified atom stereocenters. The highest BCUT2D eigenvalue weighted by Crippen LogP contribution is 2.09. The fourth-order valence-corrected chi connectivity index (χ4v) is 1.92. The number of nitriles is 6. The molecule has 0 rings (SSSR count). The van der Waals surface area contributed by atoms with Gasteiger partial charge in [0.05, 0.1) is 33.0 Å². The molecule has 0 saturated heterocycles. The summed E-state index contributed by atoms with van der Waals surface area (Å²) in [5.74, 6) is -3.84. The zero-order valence-corrected chi connectivity index (χ0v) is 35.1. The summed E-state index contributed by atoms with van der Waals surface area (Å²) >= 11 is 0. The lowest BCUT2D eigenvalue weighted by molar-refractivity contribution is -0.149. The first-order valence-corrected chi connectivity index (χ1v) is 16.9. The number of hydrogen-bond donors (Lipinski definition) is 0. The number of hydrogen-bond acceptors (Lipinski definition) is 18. The monoisotopic (exact) mass is 820 g/mol. The fourth-order valence-electron chi connectivity index (χ4n) is 1.92. The van der Waals surface area contributed by atoms with Crippen molar-refractivity contribution in [1.29, 1.82) is 31.6 Å². The Balaban J connectivity index is -0.000000143. The van der Waals surface area contributed by atoms with Crippen LogP contribution in [0.15, 0.2) is 72.9 Å². The summed E-state index contributed by atoms with van der Waals surface area (Å²) in [7, 11) is 1.20. The zero-order chi connectivity index (χ0) is 47.7. The van der Waals surface area contributed by atoms with E-state index in [1.54, 1.807) is 78.0 Å². The largest absolute Gasteiger partial charge is 0.465 e. The van der Waals surface area contributed by atoms with Crippen molar-refractivity contribution in [2.45, 2.75) is 86.4 Å². The molecule has 18 nitrogen and oxygen atoms in total. The Morgan fingerprint density at radius 1 is 0.508 bits per heavy atom. The first kappa shape index (κ1) is 63.2. The van der Waals surface area contributed by atoms with E-state index in [-0.39, 0.29) is 46.1 Å². The molecule has 0 aromatic carbocycles. The first-order chi connectivity index (χ1) is 27.3. The first-order valence-electron chi connectivity index (χ1n) is 16.9. The van der Waals surface area contributed by atoms with Gasteiger partial charge in [-0.05, 0) is 54.4 Å². The number of carbonyl (C=O) groups excluding carboxylic acids is 6. The van der Waals surface area contributed by atoms with Crippen LogP contribution in [-0.2, 0) is 57.2 Å². The molecule has 0 fully saturated rings. The maximum atomic E-state index is 10.8. The molecule has 59 heavy (non-hydrogen) atoms. The summed E-state index contributed by atoms with van der Waals surface area (Å²) in [5.41, 5.74) is -1.50. The average Bonchev–Trinajstić information content (AvgIpc) is 3.20. The summed E-state index contributed by atoms with van der Waals surface area (Å²) < 4.78 is 27.3. The number of nitrogens with zero attached hydrogens (tertiary/aromatic N) is 6. The van der Waals surface area contributed by atoms with E-state index in [1.165, 1.54) is 7.11 Å². The third-order valence-corrected chi connectivity index (χ3v) is 4.66. The van der Waals surface area contributed by atoms with Crippen LogP contribution in [0.1, 0.15) is 74.7 Å². The van der Waals surface area contributed by atoms with Gasteiger partial charge in [-0.15, -0.1) is 0 Å². The van der Waals surface area contributed by atoms with Crippen LogP contribution in [0.25, 0.3) is 0 Å². The summed E-state index contributed by atoms with van der Waals surface area (Å²) in [6.07, 6.45) is 2.35. The molecule has 0 amide bonds. The van der Waals surface area contributed by atoms with E-state index in [4.69, 9.17) is 36.3 Å². The number of rotatable bonds is 13. The second-order valence-electron chi connectivity index (χ2n) is 11.3. The number of ether oxygens (including phenoxy) is 6. The molecule has 0 heterocycles. The van der Waals surface area contributed by atoms with Crippen molar-refractivity contribution in [3.05, 3.63) is 72.9 Å². The smallest absolute Gasteiger partial charge is 0.348 e. The summed E-state index contributed by atoms with van der Waals surface area (Å²) in [5, 5.41) is 48.9. The normalized spacial score (nSPS) is 8.34. The van der Waals surface area contributed by atoms with Crippen LogP contribution >= 0.6 is 0 Å². The van der Waals surface area contributed by atoms with Gasteiger partial charge >= 0.3 is 35.8 Å². The minimum atomic E-state index is -0.674. The number of carbonyl (C=O) groups is 6. The highest BCUT2D eigenvalue weighted by molar-refractivity contribution is 5.94. The summed E-state index contributed by atoms with van der Waals surface area (Å²) in [6.45, 7) is 34.2. The molecule has 0 atom stereocenters. The van der Waals surface area contributed by atoms with Crippen molar-refractivity contribution in [2.24, 2.45) is 0 Å². The lowest BCUT2D eigenvalue weighted by Gasteiger charge is -2.18. The number of methoxy groups -OCH3 is 1. The van der Waals surface area contributed by atoms with Gasteiger partial charge in [-0.1, -0.05) is 59.7 Å². The highest BCUT2D eigenvalue weighted by Gasteiger charge is 2.18. The molecule has 0 aliphatic heterocycles. The van der Waals surface area contributed by atoms with E-state index >= 15 is 0 Å². The van der Waals surface area contributed by atoms with Gasteiger partial charge in [0.2, 0.25) is 0 Å². The van der Waals surface area contributed by atoms with Gasteiger partial charge in [0.25, 0.3) is 0 Å². The molecule has 0 aromatic rings. The molecule has 0 aliphatic carbocycles. The Bertz CT molecular complexity index is 1760. The second kappa shape index (κ2) is 39.9. The van der Waals surface area contributed by atoms with E-state index in [1.807, 2.05) is 13.8 Å². The molecule has 0 saturated carbocycles. The van der Waals surface area contributed by atoms with Gasteiger partial charge in [-0.3, -0.25) is 0 Å². The highest BCUT2D eigenvalue weighted by atomic mass is 16.6. The van der Waals surface area contributed by atoms with E-state index in [9.17, 15) is 28.8 Å². The predicted octanol–water partition coefficient (Wildman–Crippen LogP) is 5.72. The molecule has 0 spiro atoms. The molecular weight excluding hydrogens is 768 g/mol. The van der Waals surface area contributed by atoms with Gasteiger partial charge in [0.15, 0.2) is 0 Å². The molecule has 0 radical (unpaired) electrons. The van der Waals surface area contributed by atoms with Crippen molar-refractivity contribution in [2.75, 3.05) is 26.9 Å². The topological polar surface area (TPSA) is 301 Å². The van der Waals surface area contributed by atoms with Crippen LogP contribution in [0.4, 0.5) is 0 Å². The van der Waals surface area contributed by atoms with Crippen LogP contribution in [0.3, 0.4) is 0 Å². The minimum Gasteiger partial charge on any atom is -0.465 e. The van der Waals surface area contributed by atoms with Crippen LogP contribution in [0, 0.1) is 68.0 Å². The summed E-state index contributed by atoms with van der Waals surface area (Å²) in [6, 6.07) is 9.57. The lowest BCUT2D eigenvalue weighted by Crippen LogP contribution is -2.24. The third-order valence-electron chi connectivity index (χ3n) is 4.66. The van der Waals surface area contributed by atoms with E-state index < -0.39 is 41.4 Å². The van der Waals surface area contributed by atoms with Crippen molar-refractivity contribution in [1.82, 2.24) is 0 Å². The SMILES string of the molecule is C=C(C#N)C(=O)OC.C=C(C#N)C(=O)OC(C)(C)C.C=C(C#N)C(=O)OC(C)C.C=C(C#N)C(=O)OCC.C=C(C#N)C(=O)OCCC.C=C(C#N)C(=O)OCCCC. The fraction of sp³-hybridized carbons (Fsp3) is 0.415. The Hall–Kier alpha value is -7.80. The van der Waals surface area contributed by atoms with Gasteiger partial charge in [-0.2, -0.15) is 31.6 Å². The van der Waals surface area contributed by atoms with Crippen LogP contribution < -0.4 is 0 Å². The minimum absolute atomic E-state index is 0.138. The van der Waals surface area contributed by atoms with Crippen molar-refractivity contribution in [3.63, 3.8) is 0 Å². The molecule has 18 heteroatoms. The van der Waals surface area contributed by atoms with Crippen LogP contribution in [-0.4, -0.2) is 74.5 Å². The quantitative estimate of drug-likeness (QED) is 0.0704. The van der Waals surface area contributed by atoms with Crippen LogP contribution in [0.5, 0.6) is 0 Å². The van der Waals surface area contributed by atoms with E-state index in [2.05, 4.69) is 63.2 Å². The summed E-state index contributed by atoms with van der Waals surface area (Å²) in [4.78, 5) is 63.4. The van der Waals surface area contributed by atoms with Crippen molar-refractivity contribution >= 4 is 35.8 Å². The Morgan fingerprint density at radius 2 is 0.831 bits per heavy atom. The Labute approximate surface area is 346 Å². The van der Waals surface area contributed by atoms with Gasteiger partial charge in [0.1, 0.15) is 75.5 Å². The zero-order valence-electron chi connectivity index (χ0n) is 35.1. The molecular formula is C41H52N6O12.